The summed E-state index contributed by atoms with van der Waals surface area (Å²) >= 11 is 4.93. The number of nitrogens with zero attached hydrogens (tertiary/aromatic N) is 1. The van der Waals surface area contributed by atoms with Gasteiger partial charge in [-0.1, -0.05) is 0 Å². The van der Waals surface area contributed by atoms with E-state index in [1.807, 2.05) is 20.8 Å². The van der Waals surface area contributed by atoms with Gasteiger partial charge in [0.2, 0.25) is 0 Å². The SMILES string of the molecule is CC(C)(C)C(=O)ON1CCCC1.[I][Zn][I]. The second kappa shape index (κ2) is 8.58. The van der Waals surface area contributed by atoms with E-state index in [1.165, 1.54) is 0 Å². The average molecular weight is 490 g/mol. The first-order valence-corrected chi connectivity index (χ1v) is 23.1. The van der Waals surface area contributed by atoms with Gasteiger partial charge in [-0.2, -0.15) is 0 Å². The van der Waals surface area contributed by atoms with E-state index in [1.54, 1.807) is 5.06 Å². The van der Waals surface area contributed by atoms with Crippen molar-refractivity contribution in [2.75, 3.05) is 13.1 Å². The third-order valence-corrected chi connectivity index (χ3v) is 1.89. The fourth-order valence-electron chi connectivity index (χ4n) is 1.03. The molecule has 1 saturated heterocycles. The summed E-state index contributed by atoms with van der Waals surface area (Å²) in [6.07, 6.45) is 2.27. The van der Waals surface area contributed by atoms with Crippen LogP contribution in [-0.2, 0) is 19.7 Å². The van der Waals surface area contributed by atoms with E-state index in [4.69, 9.17) is 4.84 Å². The molecule has 0 spiro atoms. The number of rotatable bonds is 1. The van der Waals surface area contributed by atoms with Crippen LogP contribution >= 0.6 is 39.5 Å². The molecule has 0 amide bonds. The normalized spacial score (nSPS) is 16.3. The van der Waals surface area contributed by atoms with Crippen LogP contribution in [0.3, 0.4) is 0 Å². The van der Waals surface area contributed by atoms with Gasteiger partial charge in [0.1, 0.15) is 0 Å². The fraction of sp³-hybridized carbons (Fsp3) is 0.889. The fourth-order valence-corrected chi connectivity index (χ4v) is 1.03. The Balaban J connectivity index is 0.000000583. The maximum absolute atomic E-state index is 11.4. The molecular formula is C9H17I2NO2Zn. The Bertz CT molecular complexity index is 191. The zero-order valence-electron chi connectivity index (χ0n) is 9.56. The Morgan fingerprint density at radius 3 is 2.00 bits per heavy atom. The maximum atomic E-state index is 11.4. The predicted molar refractivity (Wildman–Crippen MR) is 74.4 cm³/mol. The molecule has 15 heavy (non-hydrogen) atoms. The van der Waals surface area contributed by atoms with Crippen molar-refractivity contribution < 1.29 is 19.7 Å². The van der Waals surface area contributed by atoms with Crippen molar-refractivity contribution >= 4 is 45.5 Å². The number of hydrogen-bond donors (Lipinski definition) is 0. The van der Waals surface area contributed by atoms with Crippen LogP contribution < -0.4 is 0 Å². The van der Waals surface area contributed by atoms with Gasteiger partial charge in [0.15, 0.2) is 0 Å². The molecule has 0 bridgehead atoms. The molecule has 0 aliphatic carbocycles. The van der Waals surface area contributed by atoms with Gasteiger partial charge in [-0.15, -0.1) is 5.06 Å². The summed E-state index contributed by atoms with van der Waals surface area (Å²) in [5.74, 6) is -0.135. The van der Waals surface area contributed by atoms with Crippen molar-refractivity contribution in [2.45, 2.75) is 33.6 Å². The number of carbonyl (C=O) groups is 1. The Hall–Kier alpha value is 1.51. The Labute approximate surface area is 121 Å². The van der Waals surface area contributed by atoms with Gasteiger partial charge in [-0.05, 0) is 33.6 Å². The Morgan fingerprint density at radius 2 is 1.67 bits per heavy atom. The average Bonchev–Trinajstić information content (AvgIpc) is 2.56. The van der Waals surface area contributed by atoms with Gasteiger partial charge < -0.3 is 4.84 Å². The predicted octanol–water partition coefficient (Wildman–Crippen LogP) is 3.36. The third-order valence-electron chi connectivity index (χ3n) is 1.89. The van der Waals surface area contributed by atoms with Crippen LogP contribution in [0.25, 0.3) is 0 Å². The Morgan fingerprint density at radius 1 is 1.27 bits per heavy atom. The summed E-state index contributed by atoms with van der Waals surface area (Å²) in [5.41, 5.74) is -0.386. The zero-order chi connectivity index (χ0) is 11.9. The van der Waals surface area contributed by atoms with Gasteiger partial charge in [0.25, 0.3) is 0 Å². The zero-order valence-corrected chi connectivity index (χ0v) is 16.8. The monoisotopic (exact) mass is 489 g/mol. The van der Waals surface area contributed by atoms with E-state index in [-0.39, 0.29) is 21.5 Å². The minimum absolute atomic E-state index is 0.0650. The number of carbonyl (C=O) groups excluding carboxylic acids is 1. The molecular weight excluding hydrogens is 473 g/mol. The van der Waals surface area contributed by atoms with Crippen molar-refractivity contribution in [1.29, 1.82) is 0 Å². The molecule has 1 rings (SSSR count). The first kappa shape index (κ1) is 16.5. The molecule has 1 aliphatic heterocycles. The Kier molecular flexibility index (Phi) is 9.45. The molecule has 1 aliphatic rings. The van der Waals surface area contributed by atoms with Gasteiger partial charge >= 0.3 is 55.6 Å². The van der Waals surface area contributed by atoms with E-state index in [0.717, 1.165) is 25.9 Å². The quantitative estimate of drug-likeness (QED) is 0.417. The topological polar surface area (TPSA) is 29.5 Å². The summed E-state index contributed by atoms with van der Waals surface area (Å²) in [4.78, 5) is 16.5. The van der Waals surface area contributed by atoms with E-state index < -0.39 is 0 Å². The molecule has 0 aromatic rings. The van der Waals surface area contributed by atoms with Gasteiger partial charge in [0, 0.05) is 13.1 Å². The van der Waals surface area contributed by atoms with Gasteiger partial charge in [0.05, 0.1) is 5.41 Å². The molecule has 1 fully saturated rings. The van der Waals surface area contributed by atoms with Crippen LogP contribution in [0.15, 0.2) is 0 Å². The van der Waals surface area contributed by atoms with E-state index in [0.29, 0.717) is 0 Å². The molecule has 1 heterocycles. The van der Waals surface area contributed by atoms with Crippen molar-refractivity contribution in [2.24, 2.45) is 5.41 Å². The van der Waals surface area contributed by atoms with Crippen molar-refractivity contribution in [3.63, 3.8) is 0 Å². The van der Waals surface area contributed by atoms with E-state index >= 15 is 0 Å². The van der Waals surface area contributed by atoms with Crippen molar-refractivity contribution in [3.8, 4) is 0 Å². The van der Waals surface area contributed by atoms with Gasteiger partial charge in [-0.25, -0.2) is 4.79 Å². The summed E-state index contributed by atoms with van der Waals surface area (Å²) in [7, 11) is 0.0650. The molecule has 0 aromatic heterocycles. The second-order valence-electron chi connectivity index (χ2n) is 4.37. The molecule has 0 saturated carbocycles. The van der Waals surface area contributed by atoms with Crippen LogP contribution in [0, 0.1) is 5.41 Å². The molecule has 0 unspecified atom stereocenters. The van der Waals surface area contributed by atoms with Crippen LogP contribution in [-0.4, -0.2) is 24.1 Å². The van der Waals surface area contributed by atoms with Crippen LogP contribution in [0.5, 0.6) is 0 Å². The molecule has 0 N–H and O–H groups in total. The molecule has 6 heteroatoms. The van der Waals surface area contributed by atoms with Crippen LogP contribution in [0.4, 0.5) is 0 Å². The van der Waals surface area contributed by atoms with E-state index in [2.05, 4.69) is 39.5 Å². The third kappa shape index (κ3) is 8.27. The van der Waals surface area contributed by atoms with E-state index in [9.17, 15) is 4.79 Å². The minimum atomic E-state index is -0.386. The molecule has 86 valence electrons. The number of halogens is 2. The first-order valence-electron chi connectivity index (χ1n) is 5.01. The number of hydrogen-bond acceptors (Lipinski definition) is 3. The number of hydroxylamine groups is 2. The molecule has 0 aromatic carbocycles. The molecule has 0 radical (unpaired) electrons. The first-order chi connectivity index (χ1) is 6.91. The van der Waals surface area contributed by atoms with Gasteiger partial charge in [-0.3, -0.25) is 0 Å². The summed E-state index contributed by atoms with van der Waals surface area (Å²) in [5, 5.41) is 1.76. The van der Waals surface area contributed by atoms with Crippen molar-refractivity contribution in [3.05, 3.63) is 0 Å². The summed E-state index contributed by atoms with van der Waals surface area (Å²) < 4.78 is 0. The summed E-state index contributed by atoms with van der Waals surface area (Å²) in [6.45, 7) is 7.38. The standard InChI is InChI=1S/C9H17NO2.2HI.Zn/c1-9(2,3)8(11)12-10-6-4-5-7-10;;;/h4-7H2,1-3H3;2*1H;/q;;;+2/p-2. The summed E-state index contributed by atoms with van der Waals surface area (Å²) in [6, 6.07) is 0. The molecule has 3 nitrogen and oxygen atoms in total. The van der Waals surface area contributed by atoms with Crippen LogP contribution in [0.1, 0.15) is 33.6 Å². The van der Waals surface area contributed by atoms with Crippen LogP contribution in [0.2, 0.25) is 0 Å². The van der Waals surface area contributed by atoms with Crippen molar-refractivity contribution in [1.82, 2.24) is 5.06 Å². The second-order valence-corrected chi connectivity index (χ2v) is 27.9. The molecule has 0 atom stereocenters.